The van der Waals surface area contributed by atoms with Gasteiger partial charge in [-0.25, -0.2) is 0 Å². The van der Waals surface area contributed by atoms with Gasteiger partial charge >= 0.3 is 6.18 Å². The molecule has 0 aliphatic rings. The van der Waals surface area contributed by atoms with E-state index in [-0.39, 0.29) is 10.6 Å². The van der Waals surface area contributed by atoms with Crippen LogP contribution in [0.5, 0.6) is 0 Å². The molecule has 0 saturated heterocycles. The predicted octanol–water partition coefficient (Wildman–Crippen LogP) is 3.82. The Balaban J connectivity index is 3.16. The van der Waals surface area contributed by atoms with Crippen molar-refractivity contribution in [3.63, 3.8) is 0 Å². The highest BCUT2D eigenvalue weighted by Gasteiger charge is 2.34. The van der Waals surface area contributed by atoms with Crippen LogP contribution in [0.2, 0.25) is 0 Å². The van der Waals surface area contributed by atoms with E-state index in [2.05, 4.69) is 26.1 Å². The molecule has 1 aromatic rings. The molecule has 1 aromatic carbocycles. The smallest absolute Gasteiger partial charge is 0.389 e. The van der Waals surface area contributed by atoms with E-state index in [9.17, 15) is 13.2 Å². The molecule has 6 heteroatoms. The van der Waals surface area contributed by atoms with Crippen molar-refractivity contribution in [2.45, 2.75) is 26.4 Å². The summed E-state index contributed by atoms with van der Waals surface area (Å²) in [5.41, 5.74) is 4.96. The normalized spacial score (nSPS) is 13.1. The van der Waals surface area contributed by atoms with E-state index in [1.54, 1.807) is 13.1 Å². The Morgan fingerprint density at radius 3 is 2.45 bits per heavy atom. The van der Waals surface area contributed by atoms with E-state index in [1.807, 2.05) is 4.90 Å². The summed E-state index contributed by atoms with van der Waals surface area (Å²) < 4.78 is 39.1. The van der Waals surface area contributed by atoms with Gasteiger partial charge in [0.2, 0.25) is 0 Å². The van der Waals surface area contributed by atoms with Gasteiger partial charge in [0.25, 0.3) is 0 Å². The zero-order valence-electron chi connectivity index (χ0n) is 11.8. The Bertz CT molecular complexity index is 486. The van der Waals surface area contributed by atoms with Gasteiger partial charge in [0.05, 0.1) is 5.56 Å². The van der Waals surface area contributed by atoms with Gasteiger partial charge in [-0.3, -0.25) is 0 Å². The van der Waals surface area contributed by atoms with Crippen molar-refractivity contribution >= 4 is 22.9 Å². The van der Waals surface area contributed by atoms with Gasteiger partial charge in [0.15, 0.2) is 0 Å². The first-order chi connectivity index (χ1) is 9.16. The summed E-state index contributed by atoms with van der Waals surface area (Å²) in [5.74, 6) is 0.407. The highest BCUT2D eigenvalue weighted by Crippen LogP contribution is 2.34. The molecular formula is C14H19F3N2S. The molecule has 112 valence electrons. The Hall–Kier alpha value is -1.30. The topological polar surface area (TPSA) is 29.3 Å². The minimum atomic E-state index is -4.47. The second kappa shape index (κ2) is 6.43. The van der Waals surface area contributed by atoms with E-state index in [1.165, 1.54) is 6.07 Å². The third kappa shape index (κ3) is 4.10. The summed E-state index contributed by atoms with van der Waals surface area (Å²) in [7, 11) is 1.78. The number of anilines is 1. The maximum atomic E-state index is 13.0. The molecule has 0 bridgehead atoms. The molecule has 0 radical (unpaired) electrons. The van der Waals surface area contributed by atoms with E-state index in [0.717, 1.165) is 12.5 Å². The van der Waals surface area contributed by atoms with E-state index < -0.39 is 11.7 Å². The number of rotatable bonds is 5. The summed E-state index contributed by atoms with van der Waals surface area (Å²) >= 11 is 4.68. The third-order valence-corrected chi connectivity index (χ3v) is 3.52. The largest absolute Gasteiger partial charge is 0.417 e. The summed E-state index contributed by atoms with van der Waals surface area (Å²) in [5, 5.41) is 0. The second-order valence-corrected chi connectivity index (χ2v) is 5.43. The second-order valence-electron chi connectivity index (χ2n) is 4.99. The Morgan fingerprint density at radius 2 is 2.00 bits per heavy atom. The van der Waals surface area contributed by atoms with Crippen molar-refractivity contribution in [3.05, 3.63) is 29.3 Å². The molecule has 0 aliphatic heterocycles. The summed E-state index contributed by atoms with van der Waals surface area (Å²) in [6.45, 7) is 4.81. The van der Waals surface area contributed by atoms with Crippen LogP contribution >= 0.6 is 12.2 Å². The maximum absolute atomic E-state index is 13.0. The Labute approximate surface area is 122 Å². The van der Waals surface area contributed by atoms with Gasteiger partial charge in [0.1, 0.15) is 4.99 Å². The molecule has 2 nitrogen and oxygen atoms in total. The van der Waals surface area contributed by atoms with Crippen LogP contribution in [-0.2, 0) is 6.18 Å². The number of alkyl halides is 3. The molecule has 0 aromatic heterocycles. The van der Waals surface area contributed by atoms with Crippen molar-refractivity contribution < 1.29 is 13.2 Å². The lowest BCUT2D eigenvalue weighted by atomic mass is 10.0. The Morgan fingerprint density at radius 1 is 1.40 bits per heavy atom. The monoisotopic (exact) mass is 304 g/mol. The SMILES string of the molecule is CCC(C)CN(C)c1ccc(C(N)=S)c(C(F)(F)F)c1. The highest BCUT2D eigenvalue weighted by molar-refractivity contribution is 7.80. The van der Waals surface area contributed by atoms with Gasteiger partial charge in [-0.1, -0.05) is 32.5 Å². The maximum Gasteiger partial charge on any atom is 0.417 e. The van der Waals surface area contributed by atoms with Crippen molar-refractivity contribution in [1.29, 1.82) is 0 Å². The molecule has 20 heavy (non-hydrogen) atoms. The summed E-state index contributed by atoms with van der Waals surface area (Å²) in [6.07, 6.45) is -3.49. The van der Waals surface area contributed by atoms with E-state index in [4.69, 9.17) is 5.73 Å². The molecule has 0 spiro atoms. The molecule has 0 heterocycles. The molecule has 0 aliphatic carbocycles. The number of hydrogen-bond acceptors (Lipinski definition) is 2. The van der Waals surface area contributed by atoms with Crippen molar-refractivity contribution in [2.24, 2.45) is 11.7 Å². The number of hydrogen-bond donors (Lipinski definition) is 1. The van der Waals surface area contributed by atoms with Crippen LogP contribution in [0.1, 0.15) is 31.4 Å². The molecule has 0 saturated carbocycles. The van der Waals surface area contributed by atoms with Crippen LogP contribution in [0.4, 0.5) is 18.9 Å². The van der Waals surface area contributed by atoms with Crippen LogP contribution < -0.4 is 10.6 Å². The minimum Gasteiger partial charge on any atom is -0.389 e. The standard InChI is InChI=1S/C14H19F3N2S/c1-4-9(2)8-19(3)10-5-6-11(13(18)20)12(7-10)14(15,16)17/h5-7,9H,4,8H2,1-3H3,(H2,18,20). The lowest BCUT2D eigenvalue weighted by Gasteiger charge is -2.24. The van der Waals surface area contributed by atoms with Gasteiger partial charge in [0, 0.05) is 24.8 Å². The van der Waals surface area contributed by atoms with E-state index in [0.29, 0.717) is 18.2 Å². The summed E-state index contributed by atoms with van der Waals surface area (Å²) in [6, 6.07) is 4.07. The first-order valence-corrected chi connectivity index (χ1v) is 6.79. The molecule has 1 rings (SSSR count). The average molecular weight is 304 g/mol. The van der Waals surface area contributed by atoms with Crippen molar-refractivity contribution in [2.75, 3.05) is 18.5 Å². The quantitative estimate of drug-likeness (QED) is 0.839. The van der Waals surface area contributed by atoms with Crippen LogP contribution in [0.25, 0.3) is 0 Å². The van der Waals surface area contributed by atoms with Gasteiger partial charge in [-0.05, 0) is 24.1 Å². The van der Waals surface area contributed by atoms with Gasteiger partial charge in [-0.15, -0.1) is 0 Å². The highest BCUT2D eigenvalue weighted by atomic mass is 32.1. The van der Waals surface area contributed by atoms with Crippen LogP contribution in [0.3, 0.4) is 0 Å². The van der Waals surface area contributed by atoms with Gasteiger partial charge < -0.3 is 10.6 Å². The van der Waals surface area contributed by atoms with Crippen molar-refractivity contribution in [1.82, 2.24) is 0 Å². The lowest BCUT2D eigenvalue weighted by Crippen LogP contribution is -2.25. The molecule has 0 fully saturated rings. The lowest BCUT2D eigenvalue weighted by molar-refractivity contribution is -0.137. The first kappa shape index (κ1) is 16.8. The zero-order valence-corrected chi connectivity index (χ0v) is 12.6. The number of nitrogens with zero attached hydrogens (tertiary/aromatic N) is 1. The van der Waals surface area contributed by atoms with Crippen LogP contribution in [0.15, 0.2) is 18.2 Å². The summed E-state index contributed by atoms with van der Waals surface area (Å²) in [4.78, 5) is 1.57. The molecule has 0 amide bonds. The van der Waals surface area contributed by atoms with Crippen LogP contribution in [-0.4, -0.2) is 18.6 Å². The predicted molar refractivity (Wildman–Crippen MR) is 80.1 cm³/mol. The number of thiocarbonyl (C=S) groups is 1. The van der Waals surface area contributed by atoms with Crippen molar-refractivity contribution in [3.8, 4) is 0 Å². The molecule has 2 N–H and O–H groups in total. The molecule has 1 unspecified atom stereocenters. The fourth-order valence-corrected chi connectivity index (χ4v) is 2.10. The van der Waals surface area contributed by atoms with Gasteiger partial charge in [-0.2, -0.15) is 13.2 Å². The number of benzene rings is 1. The zero-order chi connectivity index (χ0) is 15.5. The minimum absolute atomic E-state index is 0.131. The fourth-order valence-electron chi connectivity index (χ4n) is 1.92. The molecule has 1 atom stereocenters. The Kier molecular flexibility index (Phi) is 5.39. The average Bonchev–Trinajstić information content (AvgIpc) is 2.36. The van der Waals surface area contributed by atoms with Crippen LogP contribution in [0, 0.1) is 5.92 Å². The fraction of sp³-hybridized carbons (Fsp3) is 0.500. The molecular weight excluding hydrogens is 285 g/mol. The third-order valence-electron chi connectivity index (χ3n) is 3.30. The first-order valence-electron chi connectivity index (χ1n) is 6.39. The number of nitrogens with two attached hydrogens (primary N) is 1. The van der Waals surface area contributed by atoms with E-state index >= 15 is 0 Å². The number of halogens is 3.